The molecule has 0 amide bonds. The van der Waals surface area contributed by atoms with Crippen LogP contribution in [0.1, 0.15) is 45.0 Å². The maximum absolute atomic E-state index is 13.7. The maximum Gasteiger partial charge on any atom is 0.338 e. The highest BCUT2D eigenvalue weighted by Gasteiger charge is 2.54. The molecule has 15 atom stereocenters. The van der Waals surface area contributed by atoms with E-state index in [4.69, 9.17) is 59.0 Å². The van der Waals surface area contributed by atoms with Gasteiger partial charge in [0.05, 0.1) is 36.0 Å². The zero-order valence-electron chi connectivity index (χ0n) is 32.1. The predicted octanol–water partition coefficient (Wildman–Crippen LogP) is 3.34. The molecule has 1 aromatic rings. The fraction of sp³-hybridized carbons (Fsp3) is 0.714. The first-order chi connectivity index (χ1) is 27.2. The highest BCUT2D eigenvalue weighted by atomic mass is 35.5. The second-order valence-corrected chi connectivity index (χ2v) is 13.9. The van der Waals surface area contributed by atoms with Crippen molar-refractivity contribution < 1.29 is 71.7 Å². The smallest absolute Gasteiger partial charge is 0.338 e. The Bertz CT molecular complexity index is 1630. The van der Waals surface area contributed by atoms with E-state index in [9.17, 15) is 35.3 Å². The number of methoxy groups -OCH3 is 1. The molecule has 57 heavy (non-hydrogen) atoms. The standard InChI is InChI=1S/C35H47ClN6O15/c1-16-26(39-41-37)34(52-22(28(16)46)13-49-19(4)43)56-30-18(3)31(55-32(47)21-10-8-7-9-11-21)35(54-24(30)15-51-25(45)12-36)57-29-17(2)27(40-42-38)33(48-6)53-23(29)14-50-20(5)44/h7-11,16-18,22-24,26-31,33-35,46H,12-15H2,1-6H3/t16-,17-,18+,22?,23?,24?,26?,27?,28+,29+,30+,31?,33+,34-,35+/m1/s1. The number of aliphatic hydroxyl groups excluding tert-OH is 1. The van der Waals surface area contributed by atoms with Gasteiger partial charge < -0.3 is 52.5 Å². The van der Waals surface area contributed by atoms with Crippen LogP contribution in [0.4, 0.5) is 0 Å². The van der Waals surface area contributed by atoms with Gasteiger partial charge in [-0.2, -0.15) is 0 Å². The molecule has 4 rings (SSSR count). The molecule has 0 aromatic heterocycles. The summed E-state index contributed by atoms with van der Waals surface area (Å²) in [5, 5.41) is 18.7. The van der Waals surface area contributed by atoms with Gasteiger partial charge in [0, 0.05) is 36.7 Å². The average Bonchev–Trinajstić information content (AvgIpc) is 3.19. The number of hydrogen-bond acceptors (Lipinski definition) is 17. The van der Waals surface area contributed by atoms with Gasteiger partial charge in [0.15, 0.2) is 25.0 Å². The second kappa shape index (κ2) is 21.5. The van der Waals surface area contributed by atoms with Crippen LogP contribution in [-0.2, 0) is 61.8 Å². The minimum atomic E-state index is -1.48. The minimum absolute atomic E-state index is 0.183. The van der Waals surface area contributed by atoms with E-state index in [0.29, 0.717) is 0 Å². The third-order valence-electron chi connectivity index (χ3n) is 9.89. The molecule has 21 nitrogen and oxygen atoms in total. The number of aliphatic hydroxyl groups is 1. The summed E-state index contributed by atoms with van der Waals surface area (Å²) in [6.45, 7) is 6.17. The molecule has 22 heteroatoms. The molecular weight excluding hydrogens is 780 g/mol. The quantitative estimate of drug-likeness (QED) is 0.0625. The molecule has 314 valence electrons. The van der Waals surface area contributed by atoms with Crippen molar-refractivity contribution in [3.05, 3.63) is 56.8 Å². The largest absolute Gasteiger partial charge is 0.463 e. The van der Waals surface area contributed by atoms with Crippen LogP contribution >= 0.6 is 11.6 Å². The van der Waals surface area contributed by atoms with Gasteiger partial charge in [-0.05, 0) is 35.0 Å². The summed E-state index contributed by atoms with van der Waals surface area (Å²) in [5.74, 6) is -5.70. The van der Waals surface area contributed by atoms with Gasteiger partial charge >= 0.3 is 23.9 Å². The topological polar surface area (TPSA) is 278 Å². The number of alkyl halides is 1. The summed E-state index contributed by atoms with van der Waals surface area (Å²) in [6.07, 6.45) is -12.1. The first kappa shape index (κ1) is 45.4. The van der Waals surface area contributed by atoms with Crippen molar-refractivity contribution in [3.63, 3.8) is 0 Å². The Morgan fingerprint density at radius 1 is 0.737 bits per heavy atom. The fourth-order valence-electron chi connectivity index (χ4n) is 6.87. The molecule has 3 heterocycles. The maximum atomic E-state index is 13.7. The average molecular weight is 827 g/mol. The Labute approximate surface area is 332 Å². The molecule has 0 spiro atoms. The van der Waals surface area contributed by atoms with Crippen LogP contribution in [0.2, 0.25) is 0 Å². The highest BCUT2D eigenvalue weighted by Crippen LogP contribution is 2.39. The molecule has 6 unspecified atom stereocenters. The van der Waals surface area contributed by atoms with E-state index in [1.54, 1.807) is 39.0 Å². The number of halogens is 1. The van der Waals surface area contributed by atoms with Crippen LogP contribution in [0, 0.1) is 17.8 Å². The van der Waals surface area contributed by atoms with Crippen molar-refractivity contribution in [1.82, 2.24) is 0 Å². The summed E-state index contributed by atoms with van der Waals surface area (Å²) in [7, 11) is 1.35. The Morgan fingerprint density at radius 3 is 1.81 bits per heavy atom. The molecule has 0 radical (unpaired) electrons. The monoisotopic (exact) mass is 826 g/mol. The predicted molar refractivity (Wildman–Crippen MR) is 193 cm³/mol. The number of nitrogens with zero attached hydrogens (tertiary/aromatic N) is 6. The molecule has 3 aliphatic heterocycles. The molecule has 0 saturated carbocycles. The molecular formula is C35H47ClN6O15. The number of esters is 4. The van der Waals surface area contributed by atoms with Crippen LogP contribution < -0.4 is 0 Å². The molecule has 1 aromatic carbocycles. The number of rotatable bonds is 16. The van der Waals surface area contributed by atoms with Crippen LogP contribution in [0.3, 0.4) is 0 Å². The van der Waals surface area contributed by atoms with Crippen molar-refractivity contribution in [2.75, 3.05) is 32.8 Å². The number of benzene rings is 1. The Kier molecular flexibility index (Phi) is 17.1. The summed E-state index contributed by atoms with van der Waals surface area (Å²) < 4.78 is 59.0. The summed E-state index contributed by atoms with van der Waals surface area (Å²) in [4.78, 5) is 55.4. The summed E-state index contributed by atoms with van der Waals surface area (Å²) >= 11 is 5.74. The van der Waals surface area contributed by atoms with Gasteiger partial charge in [-0.15, -0.1) is 11.6 Å². The number of ether oxygens (including phenoxy) is 10. The van der Waals surface area contributed by atoms with Crippen LogP contribution in [0.5, 0.6) is 0 Å². The number of azide groups is 2. The lowest BCUT2D eigenvalue weighted by atomic mass is 9.87. The SMILES string of the molecule is CO[C@H]1OC(COC(C)=O)[C@@H](O[C@@H]2OC(COC(=O)CCl)[C@@H](O[C@H]3OC(COC(C)=O)[C@@H](O)[C@H](C)C3N=[N+]=[N-])[C@H](C)C2OC(=O)c2ccccc2)[C@H](C)C1N=[N+]=[N-]. The molecule has 0 aliphatic carbocycles. The number of hydrogen-bond donors (Lipinski definition) is 1. The van der Waals surface area contributed by atoms with Crippen molar-refractivity contribution in [2.45, 2.75) is 108 Å². The van der Waals surface area contributed by atoms with Crippen LogP contribution in [0.25, 0.3) is 20.9 Å². The van der Waals surface area contributed by atoms with Crippen molar-refractivity contribution in [1.29, 1.82) is 0 Å². The fourth-order valence-corrected chi connectivity index (χ4v) is 6.95. The lowest BCUT2D eigenvalue weighted by molar-refractivity contribution is -0.353. The van der Waals surface area contributed by atoms with Gasteiger partial charge in [0.2, 0.25) is 0 Å². The third kappa shape index (κ3) is 11.7. The van der Waals surface area contributed by atoms with E-state index in [2.05, 4.69) is 20.1 Å². The van der Waals surface area contributed by atoms with E-state index >= 15 is 0 Å². The van der Waals surface area contributed by atoms with E-state index in [1.165, 1.54) is 33.1 Å². The Hall–Kier alpha value is -4.27. The van der Waals surface area contributed by atoms with Crippen LogP contribution in [-0.4, -0.2) is 135 Å². The lowest BCUT2D eigenvalue weighted by Crippen LogP contribution is -2.63. The summed E-state index contributed by atoms with van der Waals surface area (Å²) in [6, 6.07) is 5.98. The first-order valence-electron chi connectivity index (χ1n) is 18.0. The highest BCUT2D eigenvalue weighted by molar-refractivity contribution is 6.26. The van der Waals surface area contributed by atoms with Gasteiger partial charge in [-0.1, -0.05) is 49.2 Å². The van der Waals surface area contributed by atoms with E-state index in [1.807, 2.05) is 0 Å². The van der Waals surface area contributed by atoms with E-state index in [0.717, 1.165) is 0 Å². The van der Waals surface area contributed by atoms with Gasteiger partial charge in [-0.25, -0.2) is 4.79 Å². The Morgan fingerprint density at radius 2 is 1.25 bits per heavy atom. The molecule has 1 N–H and O–H groups in total. The van der Waals surface area contributed by atoms with Crippen LogP contribution in [0.15, 0.2) is 40.6 Å². The number of carbonyl (C=O) groups excluding carboxylic acids is 4. The normalized spacial score (nSPS) is 35.1. The van der Waals surface area contributed by atoms with E-state index in [-0.39, 0.29) is 18.8 Å². The third-order valence-corrected chi connectivity index (χ3v) is 10.1. The first-order valence-corrected chi connectivity index (χ1v) is 18.6. The van der Waals surface area contributed by atoms with Gasteiger partial charge in [0.1, 0.15) is 44.0 Å². The van der Waals surface area contributed by atoms with Crippen molar-refractivity contribution >= 4 is 35.5 Å². The minimum Gasteiger partial charge on any atom is -0.463 e. The van der Waals surface area contributed by atoms with Gasteiger partial charge in [-0.3, -0.25) is 14.4 Å². The lowest BCUT2D eigenvalue weighted by Gasteiger charge is -2.50. The molecule has 3 saturated heterocycles. The summed E-state index contributed by atoms with van der Waals surface area (Å²) in [5.41, 5.74) is 19.0. The van der Waals surface area contributed by atoms with Crippen molar-refractivity contribution in [3.8, 4) is 0 Å². The van der Waals surface area contributed by atoms with Crippen molar-refractivity contribution in [2.24, 2.45) is 28.0 Å². The molecule has 0 bridgehead atoms. The van der Waals surface area contributed by atoms with Gasteiger partial charge in [0.25, 0.3) is 0 Å². The molecule has 3 aliphatic rings. The van der Waals surface area contributed by atoms with E-state index < -0.39 is 128 Å². The Balaban J connectivity index is 1.77. The zero-order valence-corrected chi connectivity index (χ0v) is 32.9. The number of carbonyl (C=O) groups is 4. The second-order valence-electron chi connectivity index (χ2n) is 13.7. The molecule has 3 fully saturated rings. The zero-order chi connectivity index (χ0) is 41.8.